The van der Waals surface area contributed by atoms with Crippen molar-refractivity contribution < 1.29 is 8.42 Å². The van der Waals surface area contributed by atoms with Gasteiger partial charge in [0.05, 0.1) is 5.75 Å². The average molecular weight is 290 g/mol. The predicted molar refractivity (Wildman–Crippen MR) is 81.2 cm³/mol. The molecule has 3 unspecified atom stereocenters. The Morgan fingerprint density at radius 2 is 1.95 bits per heavy atom. The Labute approximate surface area is 118 Å². The van der Waals surface area contributed by atoms with Crippen molar-refractivity contribution in [3.05, 3.63) is 0 Å². The van der Waals surface area contributed by atoms with Crippen molar-refractivity contribution in [2.45, 2.75) is 52.6 Å². The Balaban J connectivity index is 2.48. The lowest BCUT2D eigenvalue weighted by Gasteiger charge is -2.43. The highest BCUT2D eigenvalue weighted by molar-refractivity contribution is 7.91. The van der Waals surface area contributed by atoms with Crippen LogP contribution in [0.2, 0.25) is 0 Å². The van der Waals surface area contributed by atoms with E-state index >= 15 is 0 Å². The van der Waals surface area contributed by atoms with E-state index in [9.17, 15) is 8.42 Å². The fourth-order valence-corrected chi connectivity index (χ4v) is 3.58. The number of likely N-dealkylation sites (tertiary alicyclic amines) is 1. The molecule has 19 heavy (non-hydrogen) atoms. The number of rotatable bonds is 7. The molecule has 114 valence electrons. The molecule has 1 aliphatic heterocycles. The molecule has 0 bridgehead atoms. The Morgan fingerprint density at radius 1 is 1.26 bits per heavy atom. The molecule has 0 aromatic rings. The van der Waals surface area contributed by atoms with Crippen LogP contribution in [0.25, 0.3) is 0 Å². The SMILES string of the molecule is CCCNC1CCN(CCS(=O)(=O)CC)C(C)C1C. The van der Waals surface area contributed by atoms with Crippen molar-refractivity contribution in [3.63, 3.8) is 0 Å². The second kappa shape index (κ2) is 7.60. The molecular formula is C14H30N2O2S. The van der Waals surface area contributed by atoms with Crippen molar-refractivity contribution in [2.24, 2.45) is 5.92 Å². The van der Waals surface area contributed by atoms with Gasteiger partial charge in [-0.2, -0.15) is 0 Å². The first-order valence-electron chi connectivity index (χ1n) is 7.59. The maximum Gasteiger partial charge on any atom is 0.151 e. The van der Waals surface area contributed by atoms with Crippen LogP contribution in [0, 0.1) is 5.92 Å². The largest absolute Gasteiger partial charge is 0.314 e. The molecule has 0 saturated carbocycles. The van der Waals surface area contributed by atoms with Crippen molar-refractivity contribution >= 4 is 9.84 Å². The van der Waals surface area contributed by atoms with E-state index in [1.165, 1.54) is 0 Å². The van der Waals surface area contributed by atoms with Gasteiger partial charge in [0, 0.05) is 24.4 Å². The number of nitrogens with one attached hydrogen (secondary N) is 1. The molecule has 0 aromatic heterocycles. The van der Waals surface area contributed by atoms with Crippen LogP contribution >= 0.6 is 0 Å². The van der Waals surface area contributed by atoms with Crippen LogP contribution in [0.5, 0.6) is 0 Å². The van der Waals surface area contributed by atoms with E-state index in [2.05, 4.69) is 31.0 Å². The highest BCUT2D eigenvalue weighted by atomic mass is 32.2. The maximum atomic E-state index is 11.6. The fourth-order valence-electron chi connectivity index (χ4n) is 2.77. The lowest BCUT2D eigenvalue weighted by atomic mass is 9.87. The minimum Gasteiger partial charge on any atom is -0.314 e. The van der Waals surface area contributed by atoms with Crippen LogP contribution in [0.3, 0.4) is 0 Å². The minimum atomic E-state index is -2.84. The zero-order valence-corrected chi connectivity index (χ0v) is 13.7. The summed E-state index contributed by atoms with van der Waals surface area (Å²) in [5, 5.41) is 3.61. The molecule has 3 atom stereocenters. The highest BCUT2D eigenvalue weighted by Crippen LogP contribution is 2.23. The molecule has 0 aromatic carbocycles. The van der Waals surface area contributed by atoms with Crippen LogP contribution < -0.4 is 5.32 Å². The first-order chi connectivity index (χ1) is 8.91. The number of sulfone groups is 1. The van der Waals surface area contributed by atoms with Gasteiger partial charge in [-0.3, -0.25) is 4.90 Å². The van der Waals surface area contributed by atoms with E-state index in [0.717, 1.165) is 25.9 Å². The van der Waals surface area contributed by atoms with Crippen LogP contribution in [0.4, 0.5) is 0 Å². The molecule has 1 saturated heterocycles. The standard InChI is InChI=1S/C14H30N2O2S/c1-5-8-15-14-7-9-16(13(4)12(14)3)10-11-19(17,18)6-2/h12-15H,5-11H2,1-4H3. The highest BCUT2D eigenvalue weighted by Gasteiger charge is 2.32. The van der Waals surface area contributed by atoms with E-state index in [-0.39, 0.29) is 5.75 Å². The van der Waals surface area contributed by atoms with E-state index < -0.39 is 9.84 Å². The summed E-state index contributed by atoms with van der Waals surface area (Å²) in [7, 11) is -2.84. The van der Waals surface area contributed by atoms with E-state index in [1.54, 1.807) is 6.92 Å². The lowest BCUT2D eigenvalue weighted by molar-refractivity contribution is 0.0909. The van der Waals surface area contributed by atoms with Crippen molar-refractivity contribution in [1.82, 2.24) is 10.2 Å². The summed E-state index contributed by atoms with van der Waals surface area (Å²) in [5.74, 6) is 1.13. The van der Waals surface area contributed by atoms with Gasteiger partial charge in [0.25, 0.3) is 0 Å². The zero-order valence-electron chi connectivity index (χ0n) is 12.9. The number of hydrogen-bond acceptors (Lipinski definition) is 4. The topological polar surface area (TPSA) is 49.4 Å². The van der Waals surface area contributed by atoms with Crippen LogP contribution in [-0.4, -0.2) is 56.5 Å². The first kappa shape index (κ1) is 16.9. The summed E-state index contributed by atoms with van der Waals surface area (Å²) in [4.78, 5) is 2.34. The Hall–Kier alpha value is -0.130. The zero-order chi connectivity index (χ0) is 14.5. The van der Waals surface area contributed by atoms with Gasteiger partial charge in [-0.1, -0.05) is 20.8 Å². The number of nitrogens with zero attached hydrogens (tertiary/aromatic N) is 1. The Morgan fingerprint density at radius 3 is 2.53 bits per heavy atom. The van der Waals surface area contributed by atoms with E-state index in [4.69, 9.17) is 0 Å². The molecule has 1 aliphatic rings. The van der Waals surface area contributed by atoms with Crippen LogP contribution in [0.15, 0.2) is 0 Å². The van der Waals surface area contributed by atoms with Gasteiger partial charge in [-0.25, -0.2) is 8.42 Å². The number of hydrogen-bond donors (Lipinski definition) is 1. The lowest BCUT2D eigenvalue weighted by Crippen LogP contribution is -2.54. The molecule has 1 N–H and O–H groups in total. The summed E-state index contributed by atoms with van der Waals surface area (Å²) in [6.07, 6.45) is 2.29. The first-order valence-corrected chi connectivity index (χ1v) is 9.41. The van der Waals surface area contributed by atoms with Crippen LogP contribution in [0.1, 0.15) is 40.5 Å². The molecule has 0 radical (unpaired) electrons. The molecule has 1 rings (SSSR count). The second-order valence-corrected chi connectivity index (χ2v) is 8.19. The van der Waals surface area contributed by atoms with Crippen molar-refractivity contribution in [3.8, 4) is 0 Å². The third kappa shape index (κ3) is 5.04. The molecule has 4 nitrogen and oxygen atoms in total. The minimum absolute atomic E-state index is 0.255. The summed E-state index contributed by atoms with van der Waals surface area (Å²) in [6, 6.07) is 1.03. The van der Waals surface area contributed by atoms with Gasteiger partial charge in [-0.15, -0.1) is 0 Å². The molecule has 0 spiro atoms. The van der Waals surface area contributed by atoms with Crippen molar-refractivity contribution in [1.29, 1.82) is 0 Å². The maximum absolute atomic E-state index is 11.6. The molecule has 0 amide bonds. The molecule has 1 fully saturated rings. The van der Waals surface area contributed by atoms with Gasteiger partial charge in [0.15, 0.2) is 9.84 Å². The summed E-state index contributed by atoms with van der Waals surface area (Å²) in [6.45, 7) is 11.2. The quantitative estimate of drug-likeness (QED) is 0.772. The summed E-state index contributed by atoms with van der Waals surface area (Å²) < 4.78 is 23.2. The molecular weight excluding hydrogens is 260 g/mol. The number of piperidine rings is 1. The molecule has 0 aliphatic carbocycles. The third-order valence-electron chi connectivity index (χ3n) is 4.48. The monoisotopic (exact) mass is 290 g/mol. The fraction of sp³-hybridized carbons (Fsp3) is 1.00. The van der Waals surface area contributed by atoms with Crippen LogP contribution in [-0.2, 0) is 9.84 Å². The Kier molecular flexibility index (Phi) is 6.77. The second-order valence-electron chi connectivity index (χ2n) is 5.72. The average Bonchev–Trinajstić information content (AvgIpc) is 2.39. The molecule has 1 heterocycles. The normalized spacial score (nSPS) is 29.6. The van der Waals surface area contributed by atoms with Gasteiger partial charge >= 0.3 is 0 Å². The molecule has 5 heteroatoms. The van der Waals surface area contributed by atoms with Gasteiger partial charge in [0.1, 0.15) is 0 Å². The Bertz CT molecular complexity index is 356. The predicted octanol–water partition coefficient (Wildman–Crippen LogP) is 1.52. The smallest absolute Gasteiger partial charge is 0.151 e. The summed E-state index contributed by atoms with van der Waals surface area (Å²) >= 11 is 0. The van der Waals surface area contributed by atoms with Gasteiger partial charge in [-0.05, 0) is 38.8 Å². The van der Waals surface area contributed by atoms with Gasteiger partial charge < -0.3 is 5.32 Å². The third-order valence-corrected chi connectivity index (χ3v) is 6.17. The van der Waals surface area contributed by atoms with Gasteiger partial charge in [0.2, 0.25) is 0 Å². The summed E-state index contributed by atoms with van der Waals surface area (Å²) in [5.41, 5.74) is 0. The van der Waals surface area contributed by atoms with E-state index in [0.29, 0.717) is 30.3 Å². The van der Waals surface area contributed by atoms with Crippen molar-refractivity contribution in [2.75, 3.05) is 31.1 Å². The van der Waals surface area contributed by atoms with E-state index in [1.807, 2.05) is 0 Å².